The Morgan fingerprint density at radius 2 is 1.91 bits per heavy atom. The van der Waals surface area contributed by atoms with Gasteiger partial charge >= 0.3 is 0 Å². The van der Waals surface area contributed by atoms with Crippen molar-refractivity contribution in [3.05, 3.63) is 59.7 Å². The average Bonchev–Trinajstić information content (AvgIpc) is 2.52. The highest BCUT2D eigenvalue weighted by atomic mass is 16.2. The Labute approximate surface area is 132 Å². The van der Waals surface area contributed by atoms with Crippen LogP contribution in [0, 0.1) is 12.8 Å². The van der Waals surface area contributed by atoms with Crippen molar-refractivity contribution < 1.29 is 4.79 Å². The zero-order chi connectivity index (χ0) is 16.1. The highest BCUT2D eigenvalue weighted by molar-refractivity contribution is 5.92. The van der Waals surface area contributed by atoms with Crippen molar-refractivity contribution in [2.24, 2.45) is 5.92 Å². The monoisotopic (exact) mass is 297 g/mol. The van der Waals surface area contributed by atoms with Crippen molar-refractivity contribution in [3.8, 4) is 0 Å². The van der Waals surface area contributed by atoms with Crippen molar-refractivity contribution in [1.29, 1.82) is 0 Å². The summed E-state index contributed by atoms with van der Waals surface area (Å²) in [5, 5.41) is 0. The molecule has 1 atom stereocenters. The topological polar surface area (TPSA) is 46.1 Å². The van der Waals surface area contributed by atoms with Crippen LogP contribution in [0.5, 0.6) is 0 Å². The lowest BCUT2D eigenvalue weighted by Crippen LogP contribution is -2.37. The number of aryl methyl sites for hydroxylation is 1. The summed E-state index contributed by atoms with van der Waals surface area (Å²) in [4.78, 5) is 22.9. The van der Waals surface area contributed by atoms with E-state index in [0.29, 0.717) is 18.2 Å². The first-order chi connectivity index (χ1) is 10.5. The summed E-state index contributed by atoms with van der Waals surface area (Å²) in [7, 11) is 0. The lowest BCUT2D eigenvalue weighted by atomic mass is 10.00. The van der Waals surface area contributed by atoms with Gasteiger partial charge in [0.15, 0.2) is 0 Å². The smallest absolute Gasteiger partial charge is 0.274 e. The Morgan fingerprint density at radius 1 is 1.18 bits per heavy atom. The Bertz CT molecular complexity index is 625. The van der Waals surface area contributed by atoms with E-state index in [-0.39, 0.29) is 11.9 Å². The standard InChI is InChI=1S/C18H23N3O/c1-13(2)12-21(18(22)17-11-19-9-10-20-17)15(4)16-8-6-5-7-14(16)3/h5-11,13,15H,12H2,1-4H3/t15-/m0/s1. The first-order valence-corrected chi connectivity index (χ1v) is 7.63. The summed E-state index contributed by atoms with van der Waals surface area (Å²) < 4.78 is 0. The molecule has 116 valence electrons. The van der Waals surface area contributed by atoms with Gasteiger partial charge in [0.25, 0.3) is 5.91 Å². The number of aromatic nitrogens is 2. The molecule has 0 N–H and O–H groups in total. The molecular formula is C18H23N3O. The summed E-state index contributed by atoms with van der Waals surface area (Å²) >= 11 is 0. The molecule has 2 rings (SSSR count). The molecule has 0 spiro atoms. The van der Waals surface area contributed by atoms with Gasteiger partial charge in [-0.3, -0.25) is 9.78 Å². The molecule has 1 amide bonds. The molecule has 1 aromatic carbocycles. The van der Waals surface area contributed by atoms with Gasteiger partial charge in [0.2, 0.25) is 0 Å². The van der Waals surface area contributed by atoms with Crippen LogP contribution in [-0.4, -0.2) is 27.3 Å². The maximum atomic E-state index is 12.8. The molecule has 22 heavy (non-hydrogen) atoms. The number of benzene rings is 1. The van der Waals surface area contributed by atoms with Gasteiger partial charge in [-0.25, -0.2) is 4.98 Å². The van der Waals surface area contributed by atoms with Gasteiger partial charge in [-0.15, -0.1) is 0 Å². The van der Waals surface area contributed by atoms with Crippen molar-refractivity contribution in [2.75, 3.05) is 6.54 Å². The van der Waals surface area contributed by atoms with E-state index >= 15 is 0 Å². The summed E-state index contributed by atoms with van der Waals surface area (Å²) in [5.41, 5.74) is 2.75. The minimum atomic E-state index is -0.0717. The minimum absolute atomic E-state index is 0.00175. The quantitative estimate of drug-likeness (QED) is 0.846. The average molecular weight is 297 g/mol. The van der Waals surface area contributed by atoms with E-state index in [0.717, 1.165) is 0 Å². The summed E-state index contributed by atoms with van der Waals surface area (Å²) in [6.45, 7) is 9.05. The van der Waals surface area contributed by atoms with Gasteiger partial charge in [-0.2, -0.15) is 0 Å². The lowest BCUT2D eigenvalue weighted by Gasteiger charge is -2.31. The van der Waals surface area contributed by atoms with Gasteiger partial charge in [-0.05, 0) is 30.9 Å². The van der Waals surface area contributed by atoms with E-state index in [1.807, 2.05) is 17.0 Å². The number of hydrogen-bond acceptors (Lipinski definition) is 3. The van der Waals surface area contributed by atoms with Crippen LogP contribution in [-0.2, 0) is 0 Å². The highest BCUT2D eigenvalue weighted by Crippen LogP contribution is 2.25. The van der Waals surface area contributed by atoms with E-state index in [2.05, 4.69) is 49.8 Å². The van der Waals surface area contributed by atoms with Crippen molar-refractivity contribution >= 4 is 5.91 Å². The Hall–Kier alpha value is -2.23. The molecule has 0 fully saturated rings. The fourth-order valence-electron chi connectivity index (χ4n) is 2.59. The van der Waals surface area contributed by atoms with Crippen molar-refractivity contribution in [2.45, 2.75) is 33.7 Å². The molecule has 0 radical (unpaired) electrons. The molecule has 2 aromatic rings. The molecule has 0 aliphatic rings. The van der Waals surface area contributed by atoms with Crippen LogP contribution in [0.15, 0.2) is 42.9 Å². The van der Waals surface area contributed by atoms with Crippen LogP contribution in [0.25, 0.3) is 0 Å². The second-order valence-electron chi connectivity index (χ2n) is 5.97. The zero-order valence-electron chi connectivity index (χ0n) is 13.7. The Balaban J connectivity index is 2.34. The van der Waals surface area contributed by atoms with Crippen LogP contribution in [0.3, 0.4) is 0 Å². The molecule has 4 heteroatoms. The van der Waals surface area contributed by atoms with Crippen LogP contribution in [0.4, 0.5) is 0 Å². The first-order valence-electron chi connectivity index (χ1n) is 7.63. The third-order valence-corrected chi connectivity index (χ3v) is 3.71. The third kappa shape index (κ3) is 3.70. The normalized spacial score (nSPS) is 12.2. The first kappa shape index (κ1) is 16.1. The molecule has 0 aliphatic heterocycles. The maximum absolute atomic E-state index is 12.8. The van der Waals surface area contributed by atoms with E-state index in [1.54, 1.807) is 12.4 Å². The highest BCUT2D eigenvalue weighted by Gasteiger charge is 2.25. The second-order valence-corrected chi connectivity index (χ2v) is 5.97. The van der Waals surface area contributed by atoms with Crippen LogP contribution < -0.4 is 0 Å². The summed E-state index contributed by atoms with van der Waals surface area (Å²) in [5.74, 6) is 0.310. The molecule has 0 saturated heterocycles. The molecular weight excluding hydrogens is 274 g/mol. The molecule has 0 saturated carbocycles. The number of hydrogen-bond donors (Lipinski definition) is 0. The molecule has 1 aromatic heterocycles. The zero-order valence-corrected chi connectivity index (χ0v) is 13.7. The second kappa shape index (κ2) is 7.16. The van der Waals surface area contributed by atoms with Gasteiger partial charge in [-0.1, -0.05) is 38.1 Å². The molecule has 1 heterocycles. The van der Waals surface area contributed by atoms with E-state index in [1.165, 1.54) is 17.3 Å². The number of rotatable bonds is 5. The van der Waals surface area contributed by atoms with E-state index in [4.69, 9.17) is 0 Å². The van der Waals surface area contributed by atoms with E-state index in [9.17, 15) is 4.79 Å². The molecule has 0 bridgehead atoms. The van der Waals surface area contributed by atoms with Crippen LogP contribution in [0.2, 0.25) is 0 Å². The fraction of sp³-hybridized carbons (Fsp3) is 0.389. The predicted octanol–water partition coefficient (Wildman–Crippen LogP) is 3.64. The maximum Gasteiger partial charge on any atom is 0.274 e. The number of nitrogens with zero attached hydrogens (tertiary/aromatic N) is 3. The van der Waals surface area contributed by atoms with Crippen LogP contribution in [0.1, 0.15) is 48.4 Å². The predicted molar refractivity (Wildman–Crippen MR) is 87.5 cm³/mol. The Kier molecular flexibility index (Phi) is 5.26. The fourth-order valence-corrected chi connectivity index (χ4v) is 2.59. The number of carbonyl (C=O) groups excluding carboxylic acids is 1. The number of amides is 1. The van der Waals surface area contributed by atoms with Crippen LogP contribution >= 0.6 is 0 Å². The van der Waals surface area contributed by atoms with Crippen molar-refractivity contribution in [1.82, 2.24) is 14.9 Å². The summed E-state index contributed by atoms with van der Waals surface area (Å²) in [6, 6.07) is 8.18. The molecule has 4 nitrogen and oxygen atoms in total. The van der Waals surface area contributed by atoms with E-state index < -0.39 is 0 Å². The largest absolute Gasteiger partial charge is 0.330 e. The minimum Gasteiger partial charge on any atom is -0.330 e. The van der Waals surface area contributed by atoms with Gasteiger partial charge in [0, 0.05) is 18.9 Å². The Morgan fingerprint density at radius 3 is 2.50 bits per heavy atom. The van der Waals surface area contributed by atoms with Gasteiger partial charge < -0.3 is 4.90 Å². The van der Waals surface area contributed by atoms with Crippen molar-refractivity contribution in [3.63, 3.8) is 0 Å². The third-order valence-electron chi connectivity index (χ3n) is 3.71. The molecule has 0 unspecified atom stereocenters. The van der Waals surface area contributed by atoms with Gasteiger partial charge in [0.05, 0.1) is 12.2 Å². The molecule has 0 aliphatic carbocycles. The lowest BCUT2D eigenvalue weighted by molar-refractivity contribution is 0.0658. The van der Waals surface area contributed by atoms with Gasteiger partial charge in [0.1, 0.15) is 5.69 Å². The number of carbonyl (C=O) groups is 1. The summed E-state index contributed by atoms with van der Waals surface area (Å²) in [6.07, 6.45) is 4.66. The SMILES string of the molecule is Cc1ccccc1[C@H](C)N(CC(C)C)C(=O)c1cnccn1.